The van der Waals surface area contributed by atoms with Gasteiger partial charge in [0, 0.05) is 31.7 Å². The van der Waals surface area contributed by atoms with Crippen LogP contribution in [0.3, 0.4) is 0 Å². The molecule has 1 saturated carbocycles. The molecule has 19 heavy (non-hydrogen) atoms. The van der Waals surface area contributed by atoms with Gasteiger partial charge in [-0.3, -0.25) is 4.90 Å². The molecule has 1 heterocycles. The van der Waals surface area contributed by atoms with Crippen LogP contribution in [0.4, 0.5) is 0 Å². The molecule has 0 amide bonds. The van der Waals surface area contributed by atoms with E-state index in [0.29, 0.717) is 16.9 Å². The molecule has 0 spiro atoms. The highest BCUT2D eigenvalue weighted by Crippen LogP contribution is 2.50. The summed E-state index contributed by atoms with van der Waals surface area (Å²) in [6.45, 7) is 15.6. The zero-order valence-electron chi connectivity index (χ0n) is 13.8. The standard InChI is InChI=1S/C17H34N2/c1-6-8-17(9-10-17)13-19-12-15(16(3,4)5)18-11-14(19)7-2/h14-15,18H,6-13H2,1-5H3. The van der Waals surface area contributed by atoms with Crippen molar-refractivity contribution in [3.05, 3.63) is 0 Å². The van der Waals surface area contributed by atoms with Gasteiger partial charge in [-0.25, -0.2) is 0 Å². The first-order chi connectivity index (χ1) is 8.90. The minimum atomic E-state index is 0.373. The second-order valence-electron chi connectivity index (χ2n) is 8.07. The lowest BCUT2D eigenvalue weighted by atomic mass is 9.84. The topological polar surface area (TPSA) is 15.3 Å². The molecule has 1 aliphatic heterocycles. The maximum absolute atomic E-state index is 3.79. The van der Waals surface area contributed by atoms with Crippen molar-refractivity contribution < 1.29 is 0 Å². The molecule has 0 aromatic carbocycles. The van der Waals surface area contributed by atoms with Crippen molar-refractivity contribution in [2.75, 3.05) is 19.6 Å². The third-order valence-electron chi connectivity index (χ3n) is 5.33. The average Bonchev–Trinajstić information content (AvgIpc) is 3.08. The monoisotopic (exact) mass is 266 g/mol. The maximum Gasteiger partial charge on any atom is 0.0244 e. The molecule has 1 saturated heterocycles. The van der Waals surface area contributed by atoms with Crippen LogP contribution in [0.2, 0.25) is 0 Å². The molecule has 2 unspecified atom stereocenters. The van der Waals surface area contributed by atoms with E-state index in [1.54, 1.807) is 0 Å². The molecule has 1 aliphatic carbocycles. The molecule has 2 fully saturated rings. The van der Waals surface area contributed by atoms with Crippen molar-refractivity contribution in [1.29, 1.82) is 0 Å². The van der Waals surface area contributed by atoms with Gasteiger partial charge in [0.2, 0.25) is 0 Å². The maximum atomic E-state index is 3.79. The highest BCUT2D eigenvalue weighted by atomic mass is 15.2. The van der Waals surface area contributed by atoms with E-state index in [1.165, 1.54) is 51.7 Å². The average molecular weight is 266 g/mol. The molecule has 0 aromatic heterocycles. The van der Waals surface area contributed by atoms with Crippen LogP contribution < -0.4 is 5.32 Å². The third kappa shape index (κ3) is 3.72. The van der Waals surface area contributed by atoms with Gasteiger partial charge in [0.1, 0.15) is 0 Å². The Kier molecular flexibility index (Phi) is 4.62. The molecule has 0 bridgehead atoms. The van der Waals surface area contributed by atoms with Crippen LogP contribution in [-0.2, 0) is 0 Å². The molecule has 0 aromatic rings. The van der Waals surface area contributed by atoms with E-state index in [2.05, 4.69) is 44.8 Å². The first kappa shape index (κ1) is 15.3. The van der Waals surface area contributed by atoms with Crippen LogP contribution in [0.1, 0.15) is 66.7 Å². The summed E-state index contributed by atoms with van der Waals surface area (Å²) in [5.41, 5.74) is 1.07. The summed E-state index contributed by atoms with van der Waals surface area (Å²) in [6, 6.07) is 1.40. The van der Waals surface area contributed by atoms with Gasteiger partial charge in [0.25, 0.3) is 0 Å². The summed E-state index contributed by atoms with van der Waals surface area (Å²) in [5.74, 6) is 0. The van der Waals surface area contributed by atoms with Gasteiger partial charge in [-0.05, 0) is 36.5 Å². The Bertz CT molecular complexity index is 288. The summed E-state index contributed by atoms with van der Waals surface area (Å²) >= 11 is 0. The Balaban J connectivity index is 1.98. The van der Waals surface area contributed by atoms with Crippen molar-refractivity contribution in [3.8, 4) is 0 Å². The lowest BCUT2D eigenvalue weighted by Gasteiger charge is -2.46. The Morgan fingerprint density at radius 2 is 1.89 bits per heavy atom. The van der Waals surface area contributed by atoms with Crippen LogP contribution >= 0.6 is 0 Å². The van der Waals surface area contributed by atoms with Gasteiger partial charge in [-0.15, -0.1) is 0 Å². The van der Waals surface area contributed by atoms with Crippen molar-refractivity contribution in [2.24, 2.45) is 10.8 Å². The normalized spacial score (nSPS) is 31.4. The summed E-state index contributed by atoms with van der Waals surface area (Å²) < 4.78 is 0. The fourth-order valence-electron chi connectivity index (χ4n) is 3.66. The lowest BCUT2D eigenvalue weighted by molar-refractivity contribution is 0.0640. The zero-order chi connectivity index (χ0) is 14.1. The zero-order valence-corrected chi connectivity index (χ0v) is 13.8. The van der Waals surface area contributed by atoms with E-state index < -0.39 is 0 Å². The van der Waals surface area contributed by atoms with Crippen LogP contribution in [0.15, 0.2) is 0 Å². The number of hydrogen-bond donors (Lipinski definition) is 1. The quantitative estimate of drug-likeness (QED) is 0.817. The van der Waals surface area contributed by atoms with Crippen LogP contribution in [0.25, 0.3) is 0 Å². The van der Waals surface area contributed by atoms with Crippen LogP contribution in [0.5, 0.6) is 0 Å². The Morgan fingerprint density at radius 1 is 1.21 bits per heavy atom. The second-order valence-corrected chi connectivity index (χ2v) is 8.07. The van der Waals surface area contributed by atoms with E-state index in [9.17, 15) is 0 Å². The highest BCUT2D eigenvalue weighted by Gasteiger charge is 2.45. The molecule has 2 aliphatic rings. The Morgan fingerprint density at radius 3 is 2.37 bits per heavy atom. The summed E-state index contributed by atoms with van der Waals surface area (Å²) in [5, 5.41) is 3.79. The lowest BCUT2D eigenvalue weighted by Crippen LogP contribution is -2.61. The molecule has 0 radical (unpaired) electrons. The van der Waals surface area contributed by atoms with Crippen LogP contribution in [0, 0.1) is 10.8 Å². The SMILES string of the molecule is CCCC1(CN2CC(C(C)(C)C)NCC2CC)CC1. The van der Waals surface area contributed by atoms with Crippen molar-refractivity contribution >= 4 is 0 Å². The summed E-state index contributed by atoms with van der Waals surface area (Å²) in [4.78, 5) is 2.81. The van der Waals surface area contributed by atoms with E-state index in [4.69, 9.17) is 0 Å². The van der Waals surface area contributed by atoms with Gasteiger partial charge >= 0.3 is 0 Å². The molecule has 1 N–H and O–H groups in total. The number of nitrogens with zero attached hydrogens (tertiary/aromatic N) is 1. The predicted molar refractivity (Wildman–Crippen MR) is 83.5 cm³/mol. The predicted octanol–water partition coefficient (Wildman–Crippen LogP) is 3.67. The Hall–Kier alpha value is -0.0800. The third-order valence-corrected chi connectivity index (χ3v) is 5.33. The van der Waals surface area contributed by atoms with Gasteiger partial charge in [0.15, 0.2) is 0 Å². The molecule has 2 rings (SSSR count). The number of nitrogens with one attached hydrogen (secondary N) is 1. The second kappa shape index (κ2) is 5.73. The molecular weight excluding hydrogens is 232 g/mol. The van der Waals surface area contributed by atoms with Gasteiger partial charge < -0.3 is 5.32 Å². The van der Waals surface area contributed by atoms with Gasteiger partial charge in [-0.1, -0.05) is 41.0 Å². The Labute approximate surface area is 120 Å². The molecule has 112 valence electrons. The van der Waals surface area contributed by atoms with Crippen molar-refractivity contribution in [2.45, 2.75) is 78.8 Å². The fourth-order valence-corrected chi connectivity index (χ4v) is 3.66. The van der Waals surface area contributed by atoms with Gasteiger partial charge in [0.05, 0.1) is 0 Å². The largest absolute Gasteiger partial charge is 0.311 e. The first-order valence-electron chi connectivity index (χ1n) is 8.37. The first-order valence-corrected chi connectivity index (χ1v) is 8.37. The molecule has 2 atom stereocenters. The minimum Gasteiger partial charge on any atom is -0.311 e. The molecular formula is C17H34N2. The van der Waals surface area contributed by atoms with E-state index in [0.717, 1.165) is 6.04 Å². The number of piperazine rings is 1. The van der Waals surface area contributed by atoms with E-state index in [-0.39, 0.29) is 0 Å². The molecule has 2 nitrogen and oxygen atoms in total. The van der Waals surface area contributed by atoms with Gasteiger partial charge in [-0.2, -0.15) is 0 Å². The van der Waals surface area contributed by atoms with E-state index >= 15 is 0 Å². The van der Waals surface area contributed by atoms with E-state index in [1.807, 2.05) is 0 Å². The highest BCUT2D eigenvalue weighted by molar-refractivity contribution is 4.99. The number of rotatable bonds is 5. The summed E-state index contributed by atoms with van der Waals surface area (Å²) in [7, 11) is 0. The summed E-state index contributed by atoms with van der Waals surface area (Å²) in [6.07, 6.45) is 7.02. The number of hydrogen-bond acceptors (Lipinski definition) is 2. The minimum absolute atomic E-state index is 0.373. The smallest absolute Gasteiger partial charge is 0.0244 e. The van der Waals surface area contributed by atoms with Crippen molar-refractivity contribution in [3.63, 3.8) is 0 Å². The van der Waals surface area contributed by atoms with Crippen molar-refractivity contribution in [1.82, 2.24) is 10.2 Å². The fraction of sp³-hybridized carbons (Fsp3) is 1.00. The van der Waals surface area contributed by atoms with Crippen LogP contribution in [-0.4, -0.2) is 36.6 Å². The molecule has 2 heteroatoms.